The maximum absolute atomic E-state index is 13.5. The molecule has 4 aromatic rings. The molecule has 31 heavy (non-hydrogen) atoms. The molecule has 8 nitrogen and oxygen atoms in total. The van der Waals surface area contributed by atoms with E-state index in [2.05, 4.69) is 11.2 Å². The fourth-order valence-electron chi connectivity index (χ4n) is 3.82. The van der Waals surface area contributed by atoms with Gasteiger partial charge in [-0.05, 0) is 41.8 Å². The summed E-state index contributed by atoms with van der Waals surface area (Å²) < 4.78 is 6.97. The minimum atomic E-state index is -0.460. The molecule has 0 aliphatic carbocycles. The Labute approximate surface area is 177 Å². The first-order chi connectivity index (χ1) is 15.1. The van der Waals surface area contributed by atoms with Gasteiger partial charge in [0.15, 0.2) is 5.76 Å². The van der Waals surface area contributed by atoms with Gasteiger partial charge in [-0.15, -0.1) is 0 Å². The second-order valence-electron chi connectivity index (χ2n) is 7.32. The molecule has 0 N–H and O–H groups in total. The fraction of sp³-hybridized carbons (Fsp3) is 0.130. The summed E-state index contributed by atoms with van der Waals surface area (Å²) in [5.74, 6) is 0.386. The zero-order chi connectivity index (χ0) is 21.4. The smallest absolute Gasteiger partial charge is 0.272 e. The number of aromatic nitrogens is 2. The van der Waals surface area contributed by atoms with Crippen molar-refractivity contribution in [3.63, 3.8) is 0 Å². The van der Waals surface area contributed by atoms with Crippen molar-refractivity contribution in [2.75, 3.05) is 6.54 Å². The van der Waals surface area contributed by atoms with E-state index in [0.29, 0.717) is 35.9 Å². The highest BCUT2D eigenvalue weighted by molar-refractivity contribution is 5.94. The maximum Gasteiger partial charge on any atom is 0.272 e. The van der Waals surface area contributed by atoms with Crippen molar-refractivity contribution in [2.45, 2.75) is 13.0 Å². The number of nitro groups is 1. The van der Waals surface area contributed by atoms with Crippen LogP contribution in [0.4, 0.5) is 5.69 Å². The van der Waals surface area contributed by atoms with Crippen molar-refractivity contribution in [3.05, 3.63) is 99.9 Å². The number of nitrogens with zero attached hydrogens (tertiary/aromatic N) is 4. The lowest BCUT2D eigenvalue weighted by Crippen LogP contribution is -2.37. The van der Waals surface area contributed by atoms with E-state index in [1.165, 1.54) is 22.4 Å². The van der Waals surface area contributed by atoms with Crippen LogP contribution in [-0.2, 0) is 13.0 Å². The van der Waals surface area contributed by atoms with Gasteiger partial charge in [0.2, 0.25) is 0 Å². The van der Waals surface area contributed by atoms with Gasteiger partial charge < -0.3 is 9.32 Å². The molecule has 0 saturated carbocycles. The molecule has 0 spiro atoms. The average Bonchev–Trinajstić information content (AvgIpc) is 3.48. The van der Waals surface area contributed by atoms with Crippen LogP contribution in [-0.4, -0.2) is 32.1 Å². The first-order valence-electron chi connectivity index (χ1n) is 9.85. The van der Waals surface area contributed by atoms with Gasteiger partial charge in [-0.3, -0.25) is 14.9 Å². The lowest BCUT2D eigenvalue weighted by molar-refractivity contribution is -0.384. The van der Waals surface area contributed by atoms with Gasteiger partial charge >= 0.3 is 0 Å². The van der Waals surface area contributed by atoms with E-state index >= 15 is 0 Å². The van der Waals surface area contributed by atoms with Crippen LogP contribution in [0.15, 0.2) is 77.4 Å². The number of fused-ring (bicyclic) bond motifs is 1. The van der Waals surface area contributed by atoms with Gasteiger partial charge in [0, 0.05) is 31.3 Å². The molecule has 0 fully saturated rings. The molecule has 5 rings (SSSR count). The maximum atomic E-state index is 13.5. The third kappa shape index (κ3) is 3.48. The van der Waals surface area contributed by atoms with E-state index in [-0.39, 0.29) is 11.6 Å². The van der Waals surface area contributed by atoms with Crippen molar-refractivity contribution in [3.8, 4) is 17.1 Å². The van der Waals surface area contributed by atoms with Crippen LogP contribution in [0.2, 0.25) is 0 Å². The number of benzene rings is 2. The molecule has 2 aromatic heterocycles. The Balaban J connectivity index is 1.54. The summed E-state index contributed by atoms with van der Waals surface area (Å²) in [6.45, 7) is 1.13. The number of non-ortho nitro benzene ring substituents is 1. The van der Waals surface area contributed by atoms with E-state index in [0.717, 1.165) is 12.0 Å². The molecule has 0 atom stereocenters. The highest BCUT2D eigenvalue weighted by atomic mass is 16.6. The third-order valence-electron chi connectivity index (χ3n) is 5.43. The Morgan fingerprint density at radius 2 is 1.81 bits per heavy atom. The van der Waals surface area contributed by atoms with E-state index in [4.69, 9.17) is 4.42 Å². The van der Waals surface area contributed by atoms with E-state index in [1.54, 1.807) is 41.5 Å². The van der Waals surface area contributed by atoms with Crippen LogP contribution in [0, 0.1) is 10.1 Å². The van der Waals surface area contributed by atoms with Crippen LogP contribution in [0.5, 0.6) is 0 Å². The van der Waals surface area contributed by atoms with Crippen LogP contribution in [0.1, 0.15) is 21.6 Å². The minimum absolute atomic E-state index is 0.0253. The summed E-state index contributed by atoms with van der Waals surface area (Å²) in [7, 11) is 0. The Morgan fingerprint density at radius 3 is 2.52 bits per heavy atom. The van der Waals surface area contributed by atoms with Crippen LogP contribution < -0.4 is 0 Å². The summed E-state index contributed by atoms with van der Waals surface area (Å²) >= 11 is 0. The predicted molar refractivity (Wildman–Crippen MR) is 113 cm³/mol. The number of rotatable bonds is 4. The molecule has 1 amide bonds. The number of carbonyl (C=O) groups is 1. The van der Waals surface area contributed by atoms with E-state index in [9.17, 15) is 14.9 Å². The minimum Gasteiger partial charge on any atom is -0.463 e. The first-order valence-corrected chi connectivity index (χ1v) is 9.85. The monoisotopic (exact) mass is 414 g/mol. The number of carbonyl (C=O) groups excluding carboxylic acids is 1. The summed E-state index contributed by atoms with van der Waals surface area (Å²) in [4.78, 5) is 25.8. The van der Waals surface area contributed by atoms with Crippen LogP contribution in [0.3, 0.4) is 0 Å². The van der Waals surface area contributed by atoms with Gasteiger partial charge in [0.1, 0.15) is 11.4 Å². The predicted octanol–water partition coefficient (Wildman–Crippen LogP) is 4.24. The number of nitro benzene ring substituents is 1. The molecular formula is C23H18N4O4. The van der Waals surface area contributed by atoms with Gasteiger partial charge in [-0.1, -0.05) is 24.3 Å². The SMILES string of the molecule is O=C(c1cc(-c2ccco2)nn1-c1ccc([N+](=O)[O-])cc1)N1CCc2ccccc2C1. The number of amides is 1. The normalized spacial score (nSPS) is 13.1. The molecule has 8 heteroatoms. The molecule has 154 valence electrons. The van der Waals surface area contributed by atoms with E-state index < -0.39 is 4.92 Å². The number of hydrogen-bond donors (Lipinski definition) is 0. The standard InChI is InChI=1S/C23H18N4O4/c28-23(25-12-11-16-4-1-2-5-17(16)15-25)21-14-20(22-6-3-13-31-22)24-26(21)18-7-9-19(10-8-18)27(29)30/h1-10,13-14H,11-12,15H2. The molecule has 0 radical (unpaired) electrons. The summed E-state index contributed by atoms with van der Waals surface area (Å²) in [6.07, 6.45) is 2.34. The average molecular weight is 414 g/mol. The van der Waals surface area contributed by atoms with Gasteiger partial charge in [-0.25, -0.2) is 4.68 Å². The molecule has 1 aliphatic rings. The highest BCUT2D eigenvalue weighted by Crippen LogP contribution is 2.26. The molecule has 2 aromatic carbocycles. The largest absolute Gasteiger partial charge is 0.463 e. The molecule has 3 heterocycles. The zero-order valence-electron chi connectivity index (χ0n) is 16.5. The fourth-order valence-corrected chi connectivity index (χ4v) is 3.82. The summed E-state index contributed by atoms with van der Waals surface area (Å²) in [5.41, 5.74) is 3.82. The van der Waals surface area contributed by atoms with Crippen molar-refractivity contribution in [2.24, 2.45) is 0 Å². The Hall–Kier alpha value is -4.20. The summed E-state index contributed by atoms with van der Waals surface area (Å²) in [6, 6.07) is 19.3. The molecule has 0 saturated heterocycles. The Kier molecular flexibility index (Phi) is 4.59. The molecule has 1 aliphatic heterocycles. The van der Waals surface area contributed by atoms with E-state index in [1.807, 2.05) is 18.2 Å². The van der Waals surface area contributed by atoms with Crippen LogP contribution >= 0.6 is 0 Å². The lowest BCUT2D eigenvalue weighted by Gasteiger charge is -2.28. The lowest BCUT2D eigenvalue weighted by atomic mass is 10.00. The van der Waals surface area contributed by atoms with Crippen molar-refractivity contribution >= 4 is 11.6 Å². The molecule has 0 bridgehead atoms. The van der Waals surface area contributed by atoms with Gasteiger partial charge in [-0.2, -0.15) is 5.10 Å². The van der Waals surface area contributed by atoms with Crippen molar-refractivity contribution < 1.29 is 14.1 Å². The van der Waals surface area contributed by atoms with Gasteiger partial charge in [0.25, 0.3) is 11.6 Å². The third-order valence-corrected chi connectivity index (χ3v) is 5.43. The molecular weight excluding hydrogens is 396 g/mol. The van der Waals surface area contributed by atoms with Crippen molar-refractivity contribution in [1.82, 2.24) is 14.7 Å². The van der Waals surface area contributed by atoms with Gasteiger partial charge in [0.05, 0.1) is 16.9 Å². The molecule has 0 unspecified atom stereocenters. The van der Waals surface area contributed by atoms with Crippen LogP contribution in [0.25, 0.3) is 17.1 Å². The second kappa shape index (κ2) is 7.56. The quantitative estimate of drug-likeness (QED) is 0.368. The Morgan fingerprint density at radius 1 is 1.03 bits per heavy atom. The topological polar surface area (TPSA) is 94.4 Å². The second-order valence-corrected chi connectivity index (χ2v) is 7.32. The zero-order valence-corrected chi connectivity index (χ0v) is 16.5. The number of furan rings is 1. The Bertz CT molecular complexity index is 1260. The van der Waals surface area contributed by atoms with Crippen molar-refractivity contribution in [1.29, 1.82) is 0 Å². The summed E-state index contributed by atoms with van der Waals surface area (Å²) in [5, 5.41) is 15.6. The highest BCUT2D eigenvalue weighted by Gasteiger charge is 2.26. The number of hydrogen-bond acceptors (Lipinski definition) is 5. The first kappa shape index (κ1) is 18.8.